The predicted molar refractivity (Wildman–Crippen MR) is 72.3 cm³/mol. The lowest BCUT2D eigenvalue weighted by atomic mass is 9.94. The highest BCUT2D eigenvalue weighted by Crippen LogP contribution is 2.50. The van der Waals surface area contributed by atoms with Crippen molar-refractivity contribution in [3.8, 4) is 0 Å². The Kier molecular flexibility index (Phi) is 2.94. The lowest BCUT2D eigenvalue weighted by Gasteiger charge is -2.23. The molecule has 96 valence electrons. The fraction of sp³-hybridized carbons (Fsp3) is 0.500. The maximum absolute atomic E-state index is 12.6. The molecule has 1 aliphatic heterocycles. The Labute approximate surface area is 115 Å². The SMILES string of the molecule is O=C(N1CC[C@H](O)C1)C1(c2ccc(Br)cc2)CC1. The standard InChI is InChI=1S/C14H16BrNO2/c15-11-3-1-10(2-4-11)14(6-7-14)13(18)16-8-5-12(17)9-16/h1-4,12,17H,5-9H2/t12-/m0/s1. The van der Waals surface area contributed by atoms with Crippen LogP contribution in [0.1, 0.15) is 24.8 Å². The molecule has 1 amide bonds. The van der Waals surface area contributed by atoms with Crippen LogP contribution >= 0.6 is 15.9 Å². The number of aliphatic hydroxyl groups is 1. The number of likely N-dealkylation sites (tertiary alicyclic amines) is 1. The molecule has 0 spiro atoms. The number of amides is 1. The average molecular weight is 310 g/mol. The lowest BCUT2D eigenvalue weighted by molar-refractivity contribution is -0.133. The molecule has 0 unspecified atom stereocenters. The minimum Gasteiger partial charge on any atom is -0.391 e. The first-order valence-electron chi connectivity index (χ1n) is 6.35. The number of carbonyl (C=O) groups excluding carboxylic acids is 1. The Hall–Kier alpha value is -0.870. The second-order valence-electron chi connectivity index (χ2n) is 5.28. The highest BCUT2D eigenvalue weighted by Gasteiger charge is 2.53. The highest BCUT2D eigenvalue weighted by atomic mass is 79.9. The van der Waals surface area contributed by atoms with Gasteiger partial charge in [-0.25, -0.2) is 0 Å². The molecule has 2 fully saturated rings. The molecular weight excluding hydrogens is 294 g/mol. The molecule has 1 aliphatic carbocycles. The van der Waals surface area contributed by atoms with E-state index in [0.717, 1.165) is 22.9 Å². The Morgan fingerprint density at radius 3 is 2.50 bits per heavy atom. The average Bonchev–Trinajstić information content (AvgIpc) is 3.06. The van der Waals surface area contributed by atoms with Crippen molar-refractivity contribution in [2.45, 2.75) is 30.8 Å². The van der Waals surface area contributed by atoms with Crippen molar-refractivity contribution in [3.63, 3.8) is 0 Å². The number of aliphatic hydroxyl groups excluding tert-OH is 1. The maximum Gasteiger partial charge on any atom is 0.233 e. The Bertz CT molecular complexity index is 467. The van der Waals surface area contributed by atoms with Crippen molar-refractivity contribution in [1.29, 1.82) is 0 Å². The Balaban J connectivity index is 1.82. The summed E-state index contributed by atoms with van der Waals surface area (Å²) in [7, 11) is 0. The largest absolute Gasteiger partial charge is 0.391 e. The molecule has 18 heavy (non-hydrogen) atoms. The van der Waals surface area contributed by atoms with E-state index in [9.17, 15) is 9.90 Å². The quantitative estimate of drug-likeness (QED) is 0.908. The van der Waals surface area contributed by atoms with Gasteiger partial charge in [0, 0.05) is 17.6 Å². The first-order valence-corrected chi connectivity index (χ1v) is 7.15. The second kappa shape index (κ2) is 4.35. The summed E-state index contributed by atoms with van der Waals surface area (Å²) in [6, 6.07) is 8.03. The molecule has 1 saturated heterocycles. The van der Waals surface area contributed by atoms with E-state index < -0.39 is 0 Å². The van der Waals surface area contributed by atoms with E-state index in [1.54, 1.807) is 0 Å². The van der Waals surface area contributed by atoms with E-state index in [-0.39, 0.29) is 17.4 Å². The first-order chi connectivity index (χ1) is 8.62. The van der Waals surface area contributed by atoms with Gasteiger partial charge in [0.25, 0.3) is 0 Å². The summed E-state index contributed by atoms with van der Waals surface area (Å²) in [6.45, 7) is 1.19. The van der Waals surface area contributed by atoms with E-state index in [2.05, 4.69) is 15.9 Å². The van der Waals surface area contributed by atoms with Gasteiger partial charge in [-0.15, -0.1) is 0 Å². The second-order valence-corrected chi connectivity index (χ2v) is 6.20. The van der Waals surface area contributed by atoms with Crippen LogP contribution in [0.4, 0.5) is 0 Å². The molecule has 1 heterocycles. The fourth-order valence-electron chi connectivity index (χ4n) is 2.75. The third kappa shape index (κ3) is 1.97. The van der Waals surface area contributed by atoms with Crippen LogP contribution in [-0.4, -0.2) is 35.1 Å². The number of rotatable bonds is 2. The van der Waals surface area contributed by atoms with E-state index in [1.165, 1.54) is 0 Å². The molecule has 3 nitrogen and oxygen atoms in total. The third-order valence-electron chi connectivity index (χ3n) is 4.01. The van der Waals surface area contributed by atoms with Gasteiger partial charge in [-0.3, -0.25) is 4.79 Å². The smallest absolute Gasteiger partial charge is 0.233 e. The summed E-state index contributed by atoms with van der Waals surface area (Å²) in [6.07, 6.45) is 2.23. The normalized spacial score (nSPS) is 25.2. The van der Waals surface area contributed by atoms with Gasteiger partial charge >= 0.3 is 0 Å². The molecular formula is C14H16BrNO2. The molecule has 0 bridgehead atoms. The van der Waals surface area contributed by atoms with E-state index in [0.29, 0.717) is 19.5 Å². The molecule has 1 aromatic rings. The van der Waals surface area contributed by atoms with Gasteiger partial charge in [-0.2, -0.15) is 0 Å². The molecule has 1 atom stereocenters. The summed E-state index contributed by atoms with van der Waals surface area (Å²) in [5.74, 6) is 0.196. The van der Waals surface area contributed by atoms with Crippen LogP contribution in [0, 0.1) is 0 Å². The van der Waals surface area contributed by atoms with Crippen molar-refractivity contribution >= 4 is 21.8 Å². The van der Waals surface area contributed by atoms with Gasteiger partial charge in [0.15, 0.2) is 0 Å². The van der Waals surface area contributed by atoms with Gasteiger partial charge in [-0.05, 0) is 37.0 Å². The maximum atomic E-state index is 12.6. The monoisotopic (exact) mass is 309 g/mol. The molecule has 3 rings (SSSR count). The van der Waals surface area contributed by atoms with Crippen molar-refractivity contribution < 1.29 is 9.90 Å². The van der Waals surface area contributed by atoms with Crippen LogP contribution in [0.5, 0.6) is 0 Å². The van der Waals surface area contributed by atoms with Gasteiger partial charge < -0.3 is 10.0 Å². The van der Waals surface area contributed by atoms with Crippen LogP contribution in [0.15, 0.2) is 28.7 Å². The van der Waals surface area contributed by atoms with Crippen molar-refractivity contribution in [1.82, 2.24) is 4.90 Å². The Morgan fingerprint density at radius 1 is 1.33 bits per heavy atom. The first kappa shape index (κ1) is 12.2. The molecule has 4 heteroatoms. The molecule has 0 radical (unpaired) electrons. The predicted octanol–water partition coefficient (Wildman–Crippen LogP) is 2.07. The zero-order valence-corrected chi connectivity index (χ0v) is 11.7. The van der Waals surface area contributed by atoms with Crippen LogP contribution in [0.3, 0.4) is 0 Å². The zero-order chi connectivity index (χ0) is 12.8. The van der Waals surface area contributed by atoms with Gasteiger partial charge in [0.1, 0.15) is 0 Å². The summed E-state index contributed by atoms with van der Waals surface area (Å²) >= 11 is 3.42. The number of benzene rings is 1. The van der Waals surface area contributed by atoms with Crippen molar-refractivity contribution in [2.24, 2.45) is 0 Å². The zero-order valence-electron chi connectivity index (χ0n) is 10.1. The van der Waals surface area contributed by atoms with Crippen LogP contribution in [0.2, 0.25) is 0 Å². The number of nitrogens with zero attached hydrogens (tertiary/aromatic N) is 1. The summed E-state index contributed by atoms with van der Waals surface area (Å²) in [5.41, 5.74) is 0.808. The number of β-amino-alcohol motifs (C(OH)–C–C–N with tert-alkyl or cyclic N) is 1. The molecule has 2 aliphatic rings. The van der Waals surface area contributed by atoms with E-state index in [1.807, 2.05) is 29.2 Å². The summed E-state index contributed by atoms with van der Waals surface area (Å²) in [5, 5.41) is 9.54. The lowest BCUT2D eigenvalue weighted by Crippen LogP contribution is -2.38. The van der Waals surface area contributed by atoms with Crippen LogP contribution in [-0.2, 0) is 10.2 Å². The van der Waals surface area contributed by atoms with Crippen LogP contribution in [0.25, 0.3) is 0 Å². The molecule has 1 saturated carbocycles. The number of hydrogen-bond donors (Lipinski definition) is 1. The third-order valence-corrected chi connectivity index (χ3v) is 4.54. The topological polar surface area (TPSA) is 40.5 Å². The van der Waals surface area contributed by atoms with Crippen LogP contribution < -0.4 is 0 Å². The summed E-state index contributed by atoms with van der Waals surface area (Å²) in [4.78, 5) is 14.4. The highest BCUT2D eigenvalue weighted by molar-refractivity contribution is 9.10. The van der Waals surface area contributed by atoms with Crippen molar-refractivity contribution in [2.75, 3.05) is 13.1 Å². The van der Waals surface area contributed by atoms with Gasteiger partial charge in [0.2, 0.25) is 5.91 Å². The number of carbonyl (C=O) groups is 1. The fourth-order valence-corrected chi connectivity index (χ4v) is 3.01. The molecule has 1 aromatic carbocycles. The number of halogens is 1. The van der Waals surface area contributed by atoms with Gasteiger partial charge in [-0.1, -0.05) is 28.1 Å². The van der Waals surface area contributed by atoms with Gasteiger partial charge in [0.05, 0.1) is 11.5 Å². The summed E-state index contributed by atoms with van der Waals surface area (Å²) < 4.78 is 1.03. The molecule has 0 aromatic heterocycles. The minimum absolute atomic E-state index is 0.196. The van der Waals surface area contributed by atoms with E-state index >= 15 is 0 Å². The Morgan fingerprint density at radius 2 is 2.00 bits per heavy atom. The minimum atomic E-state index is -0.338. The molecule has 1 N–H and O–H groups in total. The number of hydrogen-bond acceptors (Lipinski definition) is 2. The van der Waals surface area contributed by atoms with E-state index in [4.69, 9.17) is 0 Å². The van der Waals surface area contributed by atoms with Crippen molar-refractivity contribution in [3.05, 3.63) is 34.3 Å².